The average molecular weight is 524 g/mol. The van der Waals surface area contributed by atoms with Crippen molar-refractivity contribution in [2.24, 2.45) is 0 Å². The molecule has 3 heteroatoms. The molecular formula is C31H29Cl2Cr. The van der Waals surface area contributed by atoms with Crippen molar-refractivity contribution in [1.82, 2.24) is 0 Å². The van der Waals surface area contributed by atoms with Gasteiger partial charge in [-0.05, 0) is 28.5 Å². The summed E-state index contributed by atoms with van der Waals surface area (Å²) in [6.07, 6.45) is 0.975. The van der Waals surface area contributed by atoms with Crippen molar-refractivity contribution < 1.29 is 42.2 Å². The maximum atomic E-state index is 3.63. The van der Waals surface area contributed by atoms with Crippen LogP contribution in [0.3, 0.4) is 0 Å². The molecule has 0 heterocycles. The van der Waals surface area contributed by atoms with Gasteiger partial charge in [-0.1, -0.05) is 118 Å². The van der Waals surface area contributed by atoms with Crippen molar-refractivity contribution in [2.75, 3.05) is 0 Å². The van der Waals surface area contributed by atoms with Crippen LogP contribution in [0.2, 0.25) is 0 Å². The van der Waals surface area contributed by atoms with E-state index >= 15 is 0 Å². The van der Waals surface area contributed by atoms with Crippen molar-refractivity contribution in [1.29, 1.82) is 0 Å². The van der Waals surface area contributed by atoms with Gasteiger partial charge in [-0.25, -0.2) is 0 Å². The van der Waals surface area contributed by atoms with Crippen LogP contribution < -0.4 is 24.8 Å². The van der Waals surface area contributed by atoms with Gasteiger partial charge in [0.1, 0.15) is 0 Å². The van der Waals surface area contributed by atoms with E-state index in [4.69, 9.17) is 0 Å². The van der Waals surface area contributed by atoms with E-state index in [1.165, 1.54) is 44.5 Å². The van der Waals surface area contributed by atoms with Gasteiger partial charge in [0, 0.05) is 5.41 Å². The summed E-state index contributed by atoms with van der Waals surface area (Å²) in [5.41, 5.74) is 10.7. The van der Waals surface area contributed by atoms with Crippen LogP contribution in [0.5, 0.6) is 0 Å². The standard InChI is InChI=1S/C31H29.2ClH.Cr/c1-30(2,24-11-7-5-8-12-24)26-17-15-22-19-23-16-18-27(21-29(23)28(22)20-26)31(3,4)25-13-9-6-10-14-25;;;/h5-15,17-18,20-21H,19H2,1-4H3;2*1H;/q-1;;;+3/p-2. The first-order chi connectivity index (χ1) is 14.9. The van der Waals surface area contributed by atoms with E-state index in [9.17, 15) is 0 Å². The van der Waals surface area contributed by atoms with Gasteiger partial charge in [0.25, 0.3) is 0 Å². The fourth-order valence-corrected chi connectivity index (χ4v) is 4.88. The normalized spacial score (nSPS) is 11.9. The third-order valence-electron chi connectivity index (χ3n) is 7.23. The van der Waals surface area contributed by atoms with Crippen LogP contribution >= 0.6 is 0 Å². The maximum Gasteiger partial charge on any atom is 3.00 e. The van der Waals surface area contributed by atoms with Gasteiger partial charge in [-0.3, -0.25) is 0 Å². The van der Waals surface area contributed by atoms with E-state index in [2.05, 4.69) is 125 Å². The van der Waals surface area contributed by atoms with E-state index in [1.54, 1.807) is 0 Å². The molecule has 4 aromatic rings. The molecule has 0 N–H and O–H groups in total. The zero-order valence-corrected chi connectivity index (χ0v) is 22.8. The Hall–Kier alpha value is -2.01. The topological polar surface area (TPSA) is 0 Å². The minimum absolute atomic E-state index is 0. The first-order valence-electron chi connectivity index (χ1n) is 11.2. The molecule has 4 aromatic carbocycles. The van der Waals surface area contributed by atoms with Crippen LogP contribution in [0.4, 0.5) is 0 Å². The first kappa shape index (κ1) is 28.2. The van der Waals surface area contributed by atoms with E-state index in [0.29, 0.717) is 0 Å². The van der Waals surface area contributed by atoms with Crippen LogP contribution in [0.15, 0.2) is 91.0 Å². The predicted octanol–water partition coefficient (Wildman–Crippen LogP) is 1.72. The van der Waals surface area contributed by atoms with Crippen molar-refractivity contribution in [3.05, 3.63) is 130 Å². The fourth-order valence-electron chi connectivity index (χ4n) is 4.88. The second-order valence-corrected chi connectivity index (χ2v) is 9.81. The van der Waals surface area contributed by atoms with E-state index in [-0.39, 0.29) is 53.0 Å². The van der Waals surface area contributed by atoms with E-state index in [0.717, 1.165) is 6.42 Å². The van der Waals surface area contributed by atoms with E-state index < -0.39 is 0 Å². The Kier molecular flexibility index (Phi) is 8.90. The molecule has 0 unspecified atom stereocenters. The molecule has 0 amide bonds. The van der Waals surface area contributed by atoms with Gasteiger partial charge >= 0.3 is 17.4 Å². The second-order valence-electron chi connectivity index (χ2n) is 9.81. The largest absolute Gasteiger partial charge is 3.00 e. The Morgan fingerprint density at radius 2 is 1.09 bits per heavy atom. The molecular weight excluding hydrogens is 495 g/mol. The zero-order chi connectivity index (χ0) is 21.6. The second kappa shape index (κ2) is 10.7. The van der Waals surface area contributed by atoms with Crippen LogP contribution in [-0.2, 0) is 34.6 Å². The third-order valence-corrected chi connectivity index (χ3v) is 7.23. The molecule has 0 nitrogen and oxygen atoms in total. The third kappa shape index (κ3) is 4.86. The fraction of sp³-hybridized carbons (Fsp3) is 0.226. The molecule has 0 bridgehead atoms. The number of hydrogen-bond donors (Lipinski definition) is 0. The molecule has 173 valence electrons. The van der Waals surface area contributed by atoms with Crippen molar-refractivity contribution in [3.63, 3.8) is 0 Å². The molecule has 1 radical (unpaired) electrons. The summed E-state index contributed by atoms with van der Waals surface area (Å²) >= 11 is 0. The van der Waals surface area contributed by atoms with Crippen molar-refractivity contribution in [2.45, 2.75) is 44.9 Å². The molecule has 0 atom stereocenters. The van der Waals surface area contributed by atoms with Crippen LogP contribution in [0, 0.1) is 6.07 Å². The van der Waals surface area contributed by atoms with Gasteiger partial charge in [0.2, 0.25) is 0 Å². The quantitative estimate of drug-likeness (QED) is 0.314. The summed E-state index contributed by atoms with van der Waals surface area (Å²) in [6, 6.07) is 36.9. The number of rotatable bonds is 4. The maximum absolute atomic E-state index is 3.63. The Morgan fingerprint density at radius 3 is 1.65 bits per heavy atom. The molecule has 1 aliphatic carbocycles. The molecule has 0 spiro atoms. The van der Waals surface area contributed by atoms with Gasteiger partial charge in [0.05, 0.1) is 0 Å². The Bertz CT molecular complexity index is 1150. The summed E-state index contributed by atoms with van der Waals surface area (Å²) in [6.45, 7) is 9.26. The zero-order valence-electron chi connectivity index (χ0n) is 20.0. The van der Waals surface area contributed by atoms with Gasteiger partial charge in [0.15, 0.2) is 0 Å². The summed E-state index contributed by atoms with van der Waals surface area (Å²) in [7, 11) is 0. The Balaban J connectivity index is 0.00000136. The minimum Gasteiger partial charge on any atom is -1.00 e. The smallest absolute Gasteiger partial charge is 1.00 e. The average Bonchev–Trinajstić information content (AvgIpc) is 3.17. The number of fused-ring (bicyclic) bond motifs is 3. The molecule has 0 fully saturated rings. The SMILES string of the molecule is CC(C)(c1ccccc1)c1c[c-]c2c(c1)-c1cc(C(C)(C)c3ccccc3)ccc1C2.[Cl-].[Cl-].[Cr+3]. The van der Waals surface area contributed by atoms with Crippen LogP contribution in [-0.4, -0.2) is 0 Å². The molecule has 0 saturated heterocycles. The van der Waals surface area contributed by atoms with Crippen LogP contribution in [0.25, 0.3) is 11.1 Å². The summed E-state index contributed by atoms with van der Waals surface area (Å²) in [5, 5.41) is 0. The summed E-state index contributed by atoms with van der Waals surface area (Å²) in [4.78, 5) is 0. The Labute approximate surface area is 227 Å². The number of benzene rings is 4. The van der Waals surface area contributed by atoms with E-state index in [1.807, 2.05) is 0 Å². The number of halogens is 2. The van der Waals surface area contributed by atoms with Gasteiger partial charge < -0.3 is 24.8 Å². The van der Waals surface area contributed by atoms with Crippen molar-refractivity contribution in [3.8, 4) is 11.1 Å². The first-order valence-corrected chi connectivity index (χ1v) is 11.2. The molecule has 1 aliphatic rings. The monoisotopic (exact) mass is 523 g/mol. The summed E-state index contributed by atoms with van der Waals surface area (Å²) in [5.74, 6) is 0. The van der Waals surface area contributed by atoms with Gasteiger partial charge in [-0.2, -0.15) is 23.8 Å². The molecule has 0 saturated carbocycles. The molecule has 0 aliphatic heterocycles. The molecule has 34 heavy (non-hydrogen) atoms. The summed E-state index contributed by atoms with van der Waals surface area (Å²) < 4.78 is 0. The predicted molar refractivity (Wildman–Crippen MR) is 131 cm³/mol. The Morgan fingerprint density at radius 1 is 0.588 bits per heavy atom. The van der Waals surface area contributed by atoms with Gasteiger partial charge in [-0.15, -0.1) is 11.1 Å². The van der Waals surface area contributed by atoms with Crippen LogP contribution in [0.1, 0.15) is 61.1 Å². The molecule has 5 rings (SSSR count). The molecule has 0 aromatic heterocycles. The number of hydrogen-bond acceptors (Lipinski definition) is 0. The minimum atomic E-state index is -0.0591. The van der Waals surface area contributed by atoms with Crippen molar-refractivity contribution >= 4 is 0 Å².